The molecule has 1 atom stereocenters. The lowest BCUT2D eigenvalue weighted by Crippen LogP contribution is -2.55. The Labute approximate surface area is 325 Å². The molecule has 0 bridgehead atoms. The van der Waals surface area contributed by atoms with E-state index in [1.165, 1.54) is 24.9 Å². The van der Waals surface area contributed by atoms with Gasteiger partial charge >= 0.3 is 7.75 Å². The van der Waals surface area contributed by atoms with Crippen molar-refractivity contribution in [1.29, 1.82) is 0 Å². The van der Waals surface area contributed by atoms with Crippen LogP contribution in [-0.4, -0.2) is 49.6 Å². The van der Waals surface area contributed by atoms with Gasteiger partial charge in [0.2, 0.25) is 6.43 Å². The lowest BCUT2D eigenvalue weighted by Gasteiger charge is -2.42. The van der Waals surface area contributed by atoms with Crippen LogP contribution in [0.25, 0.3) is 22.4 Å². The average molecular weight is 807 g/mol. The summed E-state index contributed by atoms with van der Waals surface area (Å²) in [6.45, 7) is 4.42. The molecule has 3 aromatic heterocycles. The zero-order valence-electron chi connectivity index (χ0n) is 31.1. The molecule has 0 spiro atoms. The van der Waals surface area contributed by atoms with Crippen LogP contribution in [0.2, 0.25) is 0 Å². The molecule has 57 heavy (non-hydrogen) atoms. The Balaban J connectivity index is 1.22. The summed E-state index contributed by atoms with van der Waals surface area (Å²) in [6.07, 6.45) is 1.96. The first-order valence-corrected chi connectivity index (χ1v) is 19.7. The van der Waals surface area contributed by atoms with Gasteiger partial charge in [0, 0.05) is 36.7 Å². The number of hydrogen-bond acceptors (Lipinski definition) is 9. The maximum atomic E-state index is 15.0. The van der Waals surface area contributed by atoms with E-state index in [-0.39, 0.29) is 48.9 Å². The van der Waals surface area contributed by atoms with Crippen LogP contribution in [0.1, 0.15) is 47.1 Å². The summed E-state index contributed by atoms with van der Waals surface area (Å²) in [4.78, 5) is 19.5. The molecule has 4 heterocycles. The van der Waals surface area contributed by atoms with Crippen molar-refractivity contribution in [3.63, 3.8) is 0 Å². The van der Waals surface area contributed by atoms with Crippen molar-refractivity contribution >= 4 is 30.4 Å². The van der Waals surface area contributed by atoms with Crippen LogP contribution >= 0.6 is 7.75 Å². The van der Waals surface area contributed by atoms with E-state index in [1.54, 1.807) is 4.57 Å². The first-order valence-electron chi connectivity index (χ1n) is 18.2. The van der Waals surface area contributed by atoms with Gasteiger partial charge in [-0.05, 0) is 55.5 Å². The lowest BCUT2D eigenvalue weighted by molar-refractivity contribution is 0.0983. The van der Waals surface area contributed by atoms with Gasteiger partial charge in [-0.2, -0.15) is 0 Å². The number of pyridine rings is 1. The Morgan fingerprint density at radius 1 is 0.877 bits per heavy atom. The molecule has 6 aromatic rings. The third-order valence-corrected chi connectivity index (χ3v) is 11.2. The average Bonchev–Trinajstić information content (AvgIpc) is 3.59. The van der Waals surface area contributed by atoms with Crippen molar-refractivity contribution < 1.29 is 35.6 Å². The molecule has 0 radical (unpaired) electrons. The van der Waals surface area contributed by atoms with Gasteiger partial charge in [0.25, 0.3) is 0 Å². The van der Waals surface area contributed by atoms with Crippen LogP contribution in [0.15, 0.2) is 85.6 Å². The molecule has 1 saturated heterocycles. The molecule has 17 heteroatoms. The van der Waals surface area contributed by atoms with Gasteiger partial charge in [0.15, 0.2) is 28.6 Å². The summed E-state index contributed by atoms with van der Waals surface area (Å²) in [5.74, 6) is -3.56. The van der Waals surface area contributed by atoms with E-state index in [4.69, 9.17) is 14.8 Å². The van der Waals surface area contributed by atoms with Crippen LogP contribution in [0.4, 0.5) is 33.5 Å². The topological polar surface area (TPSA) is 133 Å². The molecule has 1 fully saturated rings. The normalized spacial score (nSPS) is 16.1. The molecule has 0 aliphatic carbocycles. The highest BCUT2D eigenvalue weighted by atomic mass is 31.2. The maximum Gasteiger partial charge on any atom is 0.434 e. The van der Waals surface area contributed by atoms with Crippen molar-refractivity contribution in [1.82, 2.24) is 24.5 Å². The van der Waals surface area contributed by atoms with Gasteiger partial charge in [-0.25, -0.2) is 41.5 Å². The summed E-state index contributed by atoms with van der Waals surface area (Å²) >= 11 is 0. The number of rotatable bonds is 14. The number of piperidine rings is 1. The fraction of sp³-hybridized carbons (Fsp3) is 0.300. The predicted octanol–water partition coefficient (Wildman–Crippen LogP) is 8.88. The molecule has 11 nitrogen and oxygen atoms in total. The summed E-state index contributed by atoms with van der Waals surface area (Å²) in [7, 11) is -4.12. The number of hydrogen-bond donors (Lipinski definition) is 2. The number of halogens is 5. The van der Waals surface area contributed by atoms with E-state index in [0.717, 1.165) is 28.3 Å². The van der Waals surface area contributed by atoms with Crippen molar-refractivity contribution in [2.24, 2.45) is 5.73 Å². The minimum Gasteiger partial charge on any atom is -0.368 e. The number of aryl methyl sites for hydroxylation is 2. The van der Waals surface area contributed by atoms with E-state index in [2.05, 4.69) is 25.0 Å². The Hall–Kier alpha value is -5.28. The number of nitrogens with zero attached hydrogens (tertiary/aromatic N) is 6. The molecule has 0 unspecified atom stereocenters. The first kappa shape index (κ1) is 39.9. The van der Waals surface area contributed by atoms with Gasteiger partial charge < -0.3 is 15.2 Å². The van der Waals surface area contributed by atoms with Crippen LogP contribution in [-0.2, 0) is 33.4 Å². The van der Waals surface area contributed by atoms with E-state index < -0.39 is 43.6 Å². The fourth-order valence-electron chi connectivity index (χ4n) is 6.79. The summed E-state index contributed by atoms with van der Waals surface area (Å²) in [6, 6.07) is 17.8. The summed E-state index contributed by atoms with van der Waals surface area (Å²) in [5, 5.41) is 2.86. The van der Waals surface area contributed by atoms with Gasteiger partial charge in [0.1, 0.15) is 12.1 Å². The molecule has 7 rings (SSSR count). The molecule has 1 aliphatic rings. The number of nitrogens with two attached hydrogens (primary N) is 1. The van der Waals surface area contributed by atoms with Crippen molar-refractivity contribution in [2.45, 2.75) is 64.8 Å². The molecule has 1 aliphatic heterocycles. The van der Waals surface area contributed by atoms with Crippen LogP contribution in [0.3, 0.4) is 0 Å². The third-order valence-electron chi connectivity index (χ3n) is 9.79. The predicted molar refractivity (Wildman–Crippen MR) is 206 cm³/mol. The van der Waals surface area contributed by atoms with Gasteiger partial charge in [0.05, 0.1) is 43.7 Å². The molecule has 298 valence electrons. The van der Waals surface area contributed by atoms with E-state index in [1.807, 2.05) is 67.3 Å². The number of alkyl halides is 2. The second kappa shape index (κ2) is 16.7. The Morgan fingerprint density at radius 2 is 1.53 bits per heavy atom. The number of benzene rings is 3. The van der Waals surface area contributed by atoms with Crippen molar-refractivity contribution in [3.05, 3.63) is 131 Å². The highest BCUT2D eigenvalue weighted by Crippen LogP contribution is 2.50. The number of fused-ring (bicyclic) bond motifs is 1. The molecular weight excluding hydrogens is 766 g/mol. The number of anilines is 2. The van der Waals surface area contributed by atoms with E-state index in [9.17, 15) is 26.5 Å². The minimum atomic E-state index is -4.12. The molecule has 0 amide bonds. The Morgan fingerprint density at radius 3 is 2.18 bits per heavy atom. The zero-order chi connectivity index (χ0) is 40.3. The molecule has 3 N–H and O–H groups in total. The summed E-state index contributed by atoms with van der Waals surface area (Å²) < 4.78 is 98.2. The van der Waals surface area contributed by atoms with Gasteiger partial charge in [-0.1, -0.05) is 59.7 Å². The molecular formula is C40H40F5N8O3P. The van der Waals surface area contributed by atoms with Crippen LogP contribution in [0, 0.1) is 31.3 Å². The van der Waals surface area contributed by atoms with Gasteiger partial charge in [-0.3, -0.25) is 19.1 Å². The highest BCUT2D eigenvalue weighted by Gasteiger charge is 2.35. The SMILES string of the molecule is Cc1ccc(COP(=O)(Nc2ncnc3c2ncn3Cc2cc(-c3cc(F)c(F)cc3F)ncc2N2CCC[C@](N)(CC(F)F)C2)OCc2ccc(C)cc2)cc1. The molecule has 0 saturated carbocycles. The maximum absolute atomic E-state index is 15.0. The standard InChI is InChI=1S/C40H40F5N8O3P/c1-25-4-8-27(9-5-25)20-55-57(54,56-21-28-10-6-26(2)7-11-28)51-38-37-39(49-23-48-38)53(24-50-37)19-29-14-34(30-15-32(42)33(43)16-31(30)41)47-18-35(29)52-13-3-12-40(46,22-52)17-36(44)45/h4-11,14-16,18,23-24,36H,3,12-13,17,19-22,46H2,1-2H3,(H,48,49,51,54)/t40-/m0/s1. The largest absolute Gasteiger partial charge is 0.434 e. The van der Waals surface area contributed by atoms with Crippen molar-refractivity contribution in [2.75, 3.05) is 23.1 Å². The Bertz CT molecular complexity index is 2360. The first-order chi connectivity index (χ1) is 27.3. The van der Waals surface area contributed by atoms with Gasteiger partial charge in [-0.15, -0.1) is 0 Å². The minimum absolute atomic E-state index is 0.00698. The lowest BCUT2D eigenvalue weighted by atomic mass is 9.86. The number of nitrogens with one attached hydrogen (secondary N) is 1. The molecule has 3 aromatic carbocycles. The smallest absolute Gasteiger partial charge is 0.368 e. The fourth-order valence-corrected chi connectivity index (χ4v) is 8.05. The second-order valence-corrected chi connectivity index (χ2v) is 16.1. The zero-order valence-corrected chi connectivity index (χ0v) is 32.0. The number of imidazole rings is 1. The Kier molecular flexibility index (Phi) is 11.7. The highest BCUT2D eigenvalue weighted by molar-refractivity contribution is 7.55. The van der Waals surface area contributed by atoms with Crippen LogP contribution < -0.4 is 15.7 Å². The van der Waals surface area contributed by atoms with Crippen molar-refractivity contribution in [3.8, 4) is 11.3 Å². The van der Waals surface area contributed by atoms with E-state index >= 15 is 0 Å². The second-order valence-electron chi connectivity index (χ2n) is 14.3. The quantitative estimate of drug-likeness (QED) is 0.0625. The van der Waals surface area contributed by atoms with Crippen LogP contribution in [0.5, 0.6) is 0 Å². The monoisotopic (exact) mass is 806 g/mol. The van der Waals surface area contributed by atoms with E-state index in [0.29, 0.717) is 42.4 Å². The summed E-state index contributed by atoms with van der Waals surface area (Å²) in [5.41, 5.74) is 10.2. The third kappa shape index (κ3) is 9.48. The number of aromatic nitrogens is 5.